The van der Waals surface area contributed by atoms with Crippen molar-refractivity contribution in [2.75, 3.05) is 6.61 Å². The fourth-order valence-electron chi connectivity index (χ4n) is 2.60. The number of rotatable bonds is 4. The van der Waals surface area contributed by atoms with Crippen LogP contribution >= 0.6 is 11.6 Å². The molecule has 3 nitrogen and oxygen atoms in total. The molecule has 2 aromatic carbocycles. The van der Waals surface area contributed by atoms with Gasteiger partial charge in [-0.3, -0.25) is 0 Å². The number of esters is 1. The van der Waals surface area contributed by atoms with Crippen molar-refractivity contribution in [3.05, 3.63) is 70.6 Å². The molecule has 0 spiro atoms. The zero-order valence-corrected chi connectivity index (χ0v) is 13.3. The van der Waals surface area contributed by atoms with Crippen LogP contribution < -0.4 is 0 Å². The number of hydrogen-bond donors (Lipinski definition) is 0. The van der Waals surface area contributed by atoms with Crippen LogP contribution in [0, 0.1) is 5.82 Å². The van der Waals surface area contributed by atoms with Crippen molar-refractivity contribution >= 4 is 28.5 Å². The average molecular weight is 332 g/mol. The number of halogens is 2. The van der Waals surface area contributed by atoms with Gasteiger partial charge >= 0.3 is 5.97 Å². The minimum atomic E-state index is -0.520. The number of hydrogen-bond acceptors (Lipinski definition) is 2. The molecule has 3 rings (SSSR count). The van der Waals surface area contributed by atoms with E-state index >= 15 is 0 Å². The van der Waals surface area contributed by atoms with Crippen LogP contribution in [-0.4, -0.2) is 17.1 Å². The van der Waals surface area contributed by atoms with Crippen molar-refractivity contribution in [1.82, 2.24) is 4.57 Å². The minimum Gasteiger partial charge on any atom is -0.462 e. The molecule has 23 heavy (non-hydrogen) atoms. The van der Waals surface area contributed by atoms with Crippen molar-refractivity contribution in [3.63, 3.8) is 0 Å². The first-order chi connectivity index (χ1) is 11.1. The van der Waals surface area contributed by atoms with Gasteiger partial charge in [0.2, 0.25) is 0 Å². The Morgan fingerprint density at radius 3 is 2.65 bits per heavy atom. The summed E-state index contributed by atoms with van der Waals surface area (Å²) in [5.74, 6) is -0.974. The quantitative estimate of drug-likeness (QED) is 0.651. The van der Waals surface area contributed by atoms with Crippen LogP contribution in [0.15, 0.2) is 48.7 Å². The van der Waals surface area contributed by atoms with Crippen LogP contribution in [0.5, 0.6) is 0 Å². The van der Waals surface area contributed by atoms with E-state index in [-0.39, 0.29) is 12.2 Å². The summed E-state index contributed by atoms with van der Waals surface area (Å²) in [6.07, 6.45) is 1.83. The van der Waals surface area contributed by atoms with Gasteiger partial charge in [-0.15, -0.1) is 0 Å². The third kappa shape index (κ3) is 3.22. The molecule has 0 bridgehead atoms. The minimum absolute atomic E-state index is 0.237. The van der Waals surface area contributed by atoms with E-state index < -0.39 is 11.8 Å². The molecule has 118 valence electrons. The summed E-state index contributed by atoms with van der Waals surface area (Å²) in [4.78, 5) is 12.1. The number of carbonyl (C=O) groups is 1. The van der Waals surface area contributed by atoms with Gasteiger partial charge in [-0.05, 0) is 42.8 Å². The zero-order chi connectivity index (χ0) is 16.4. The van der Waals surface area contributed by atoms with Crippen molar-refractivity contribution in [1.29, 1.82) is 0 Å². The maximum atomic E-state index is 13.7. The Labute approximate surface area is 138 Å². The molecule has 0 atom stereocenters. The predicted molar refractivity (Wildman–Crippen MR) is 88.4 cm³/mol. The molecular formula is C18H15ClFNO2. The molecule has 0 aliphatic heterocycles. The number of ether oxygens (including phenoxy) is 1. The highest BCUT2D eigenvalue weighted by atomic mass is 35.5. The Kier molecular flexibility index (Phi) is 4.35. The molecule has 0 aliphatic rings. The van der Waals surface area contributed by atoms with Crippen molar-refractivity contribution in [2.45, 2.75) is 13.5 Å². The Bertz CT molecular complexity index is 855. The topological polar surface area (TPSA) is 31.2 Å². The molecule has 5 heteroatoms. The number of fused-ring (bicyclic) bond motifs is 1. The maximum absolute atomic E-state index is 13.7. The van der Waals surface area contributed by atoms with E-state index in [1.54, 1.807) is 13.0 Å². The van der Waals surface area contributed by atoms with Crippen LogP contribution in [0.2, 0.25) is 5.02 Å². The monoisotopic (exact) mass is 331 g/mol. The molecule has 3 aromatic rings. The summed E-state index contributed by atoms with van der Waals surface area (Å²) in [7, 11) is 0. The molecule has 1 heterocycles. The standard InChI is InChI=1S/C18H15ClFNO2/c1-2-23-18(22)16-10-15(20)9-13-7-8-21(17(13)16)11-12-3-5-14(19)6-4-12/h3-10H,2,11H2,1H3. The van der Waals surface area contributed by atoms with Crippen LogP contribution in [0.25, 0.3) is 10.9 Å². The predicted octanol–water partition coefficient (Wildman–Crippen LogP) is 4.66. The molecule has 0 radical (unpaired) electrons. The van der Waals surface area contributed by atoms with E-state index in [1.807, 2.05) is 35.0 Å². The molecule has 0 aliphatic carbocycles. The van der Waals surface area contributed by atoms with Crippen LogP contribution in [0.4, 0.5) is 4.39 Å². The average Bonchev–Trinajstić information content (AvgIpc) is 2.91. The van der Waals surface area contributed by atoms with Crippen molar-refractivity contribution < 1.29 is 13.9 Å². The summed E-state index contributed by atoms with van der Waals surface area (Å²) >= 11 is 5.90. The van der Waals surface area contributed by atoms with E-state index in [4.69, 9.17) is 16.3 Å². The summed E-state index contributed by atoms with van der Waals surface area (Å²) in [5.41, 5.74) is 1.94. The Morgan fingerprint density at radius 1 is 1.22 bits per heavy atom. The summed E-state index contributed by atoms with van der Waals surface area (Å²) < 4.78 is 20.7. The molecule has 0 N–H and O–H groups in total. The van der Waals surface area contributed by atoms with E-state index in [9.17, 15) is 9.18 Å². The normalized spacial score (nSPS) is 10.9. The van der Waals surface area contributed by atoms with Crippen molar-refractivity contribution in [2.24, 2.45) is 0 Å². The van der Waals surface area contributed by atoms with Gasteiger partial charge in [-0.25, -0.2) is 9.18 Å². The van der Waals surface area contributed by atoms with Crippen LogP contribution in [-0.2, 0) is 11.3 Å². The highest BCUT2D eigenvalue weighted by Gasteiger charge is 2.16. The number of carbonyl (C=O) groups excluding carboxylic acids is 1. The first-order valence-corrected chi connectivity index (χ1v) is 7.66. The second-order valence-electron chi connectivity index (χ2n) is 5.18. The highest BCUT2D eigenvalue weighted by Crippen LogP contribution is 2.24. The lowest BCUT2D eigenvalue weighted by Crippen LogP contribution is -2.09. The van der Waals surface area contributed by atoms with Crippen LogP contribution in [0.3, 0.4) is 0 Å². The Balaban J connectivity index is 2.07. The maximum Gasteiger partial charge on any atom is 0.340 e. The number of aromatic nitrogens is 1. The third-order valence-corrected chi connectivity index (χ3v) is 3.84. The third-order valence-electron chi connectivity index (χ3n) is 3.59. The Hall–Kier alpha value is -2.33. The van der Waals surface area contributed by atoms with Gasteiger partial charge in [0.05, 0.1) is 17.7 Å². The van der Waals surface area contributed by atoms with E-state index in [2.05, 4.69) is 0 Å². The van der Waals surface area contributed by atoms with E-state index in [0.29, 0.717) is 22.5 Å². The largest absolute Gasteiger partial charge is 0.462 e. The van der Waals surface area contributed by atoms with Gasteiger partial charge in [-0.2, -0.15) is 0 Å². The summed E-state index contributed by atoms with van der Waals surface area (Å²) in [6.45, 7) is 2.52. The molecule has 0 saturated heterocycles. The molecular weight excluding hydrogens is 317 g/mol. The molecule has 0 saturated carbocycles. The first-order valence-electron chi connectivity index (χ1n) is 7.28. The Morgan fingerprint density at radius 2 is 1.96 bits per heavy atom. The van der Waals surface area contributed by atoms with Gasteiger partial charge in [0, 0.05) is 23.2 Å². The van der Waals surface area contributed by atoms with Crippen LogP contribution in [0.1, 0.15) is 22.8 Å². The lowest BCUT2D eigenvalue weighted by atomic mass is 10.1. The lowest BCUT2D eigenvalue weighted by Gasteiger charge is -2.10. The van der Waals surface area contributed by atoms with Gasteiger partial charge < -0.3 is 9.30 Å². The lowest BCUT2D eigenvalue weighted by molar-refractivity contribution is 0.0527. The number of benzene rings is 2. The molecule has 0 unspecified atom stereocenters. The van der Waals surface area contributed by atoms with Gasteiger partial charge in [0.25, 0.3) is 0 Å². The summed E-state index contributed by atoms with van der Waals surface area (Å²) in [5, 5.41) is 1.34. The van der Waals surface area contributed by atoms with Gasteiger partial charge in [0.1, 0.15) is 5.82 Å². The SMILES string of the molecule is CCOC(=O)c1cc(F)cc2ccn(Cc3ccc(Cl)cc3)c12. The second kappa shape index (κ2) is 6.42. The summed E-state index contributed by atoms with van der Waals surface area (Å²) in [6, 6.07) is 11.9. The molecule has 0 amide bonds. The van der Waals surface area contributed by atoms with Gasteiger partial charge in [-0.1, -0.05) is 23.7 Å². The number of nitrogens with zero attached hydrogens (tertiary/aromatic N) is 1. The first kappa shape index (κ1) is 15.6. The van der Waals surface area contributed by atoms with Gasteiger partial charge in [0.15, 0.2) is 0 Å². The zero-order valence-electron chi connectivity index (χ0n) is 12.6. The molecule has 0 fully saturated rings. The highest BCUT2D eigenvalue weighted by molar-refractivity contribution is 6.30. The smallest absolute Gasteiger partial charge is 0.340 e. The fraction of sp³-hybridized carbons (Fsp3) is 0.167. The van der Waals surface area contributed by atoms with E-state index in [0.717, 1.165) is 5.56 Å². The fourth-order valence-corrected chi connectivity index (χ4v) is 2.72. The van der Waals surface area contributed by atoms with Crippen molar-refractivity contribution in [3.8, 4) is 0 Å². The second-order valence-corrected chi connectivity index (χ2v) is 5.62. The van der Waals surface area contributed by atoms with E-state index in [1.165, 1.54) is 12.1 Å². The molecule has 1 aromatic heterocycles.